The van der Waals surface area contributed by atoms with E-state index in [-0.39, 0.29) is 0 Å². The van der Waals surface area contributed by atoms with Gasteiger partial charge in [-0.05, 0) is 31.3 Å². The maximum atomic E-state index is 10.5. The molecule has 0 aliphatic heterocycles. The predicted octanol–water partition coefficient (Wildman–Crippen LogP) is 2.54. The van der Waals surface area contributed by atoms with Crippen molar-refractivity contribution in [3.8, 4) is 0 Å². The third-order valence-electron chi connectivity index (χ3n) is 4.23. The molecule has 0 aromatic rings. The van der Waals surface area contributed by atoms with Crippen molar-refractivity contribution < 1.29 is 10.2 Å². The molecule has 2 aliphatic rings. The Kier molecular flexibility index (Phi) is 2.91. The van der Waals surface area contributed by atoms with E-state index in [1.54, 1.807) is 0 Å². The molecule has 0 saturated heterocycles. The van der Waals surface area contributed by atoms with Crippen LogP contribution in [-0.4, -0.2) is 21.4 Å². The van der Waals surface area contributed by atoms with Crippen LogP contribution in [0.25, 0.3) is 0 Å². The Balaban J connectivity index is 2.11. The molecular formula is C13H22O2. The van der Waals surface area contributed by atoms with Gasteiger partial charge in [0.15, 0.2) is 0 Å². The Hall–Kier alpha value is -0.340. The van der Waals surface area contributed by atoms with Gasteiger partial charge in [0.2, 0.25) is 0 Å². The zero-order valence-electron chi connectivity index (χ0n) is 9.47. The summed E-state index contributed by atoms with van der Waals surface area (Å²) in [5, 5.41) is 20.9. The highest BCUT2D eigenvalue weighted by Gasteiger charge is 2.44. The van der Waals surface area contributed by atoms with Gasteiger partial charge in [-0.25, -0.2) is 0 Å². The maximum absolute atomic E-state index is 10.5. The third-order valence-corrected chi connectivity index (χ3v) is 4.23. The second kappa shape index (κ2) is 3.91. The summed E-state index contributed by atoms with van der Waals surface area (Å²) >= 11 is 0. The number of aliphatic hydroxyl groups is 2. The molecule has 0 aromatic carbocycles. The summed E-state index contributed by atoms with van der Waals surface area (Å²) in [4.78, 5) is 0. The summed E-state index contributed by atoms with van der Waals surface area (Å²) in [6.45, 7) is 4.00. The van der Waals surface area contributed by atoms with Gasteiger partial charge in [0, 0.05) is 0 Å². The van der Waals surface area contributed by atoms with Crippen LogP contribution in [0, 0.1) is 0 Å². The van der Waals surface area contributed by atoms with Crippen molar-refractivity contribution in [1.82, 2.24) is 0 Å². The molecule has 86 valence electrons. The fraction of sp³-hybridized carbons (Fsp3) is 0.846. The first-order chi connectivity index (χ1) is 7.07. The first kappa shape index (κ1) is 11.2. The van der Waals surface area contributed by atoms with Crippen molar-refractivity contribution in [1.29, 1.82) is 0 Å². The second-order valence-electron chi connectivity index (χ2n) is 5.31. The Bertz CT molecular complexity index is 245. The summed E-state index contributed by atoms with van der Waals surface area (Å²) in [6.07, 6.45) is 8.59. The molecule has 0 spiro atoms. The molecule has 0 atom stereocenters. The van der Waals surface area contributed by atoms with Gasteiger partial charge in [0.25, 0.3) is 0 Å². The van der Waals surface area contributed by atoms with E-state index in [1.807, 2.05) is 0 Å². The minimum atomic E-state index is -0.780. The van der Waals surface area contributed by atoms with Crippen molar-refractivity contribution in [3.05, 3.63) is 12.2 Å². The lowest BCUT2D eigenvalue weighted by molar-refractivity contribution is -0.0159. The second-order valence-corrected chi connectivity index (χ2v) is 5.31. The lowest BCUT2D eigenvalue weighted by atomic mass is 9.73. The van der Waals surface area contributed by atoms with Gasteiger partial charge in [0.05, 0.1) is 11.2 Å². The van der Waals surface area contributed by atoms with Crippen molar-refractivity contribution in [2.75, 3.05) is 0 Å². The van der Waals surface area contributed by atoms with E-state index in [9.17, 15) is 10.2 Å². The SMILES string of the molecule is C=C(C1(O)CCCCC1)C1(O)CCCC1. The minimum Gasteiger partial charge on any atom is -0.385 e. The number of hydrogen-bond acceptors (Lipinski definition) is 2. The van der Waals surface area contributed by atoms with Gasteiger partial charge < -0.3 is 10.2 Å². The van der Waals surface area contributed by atoms with Crippen molar-refractivity contribution in [3.63, 3.8) is 0 Å². The monoisotopic (exact) mass is 210 g/mol. The normalized spacial score (nSPS) is 28.9. The van der Waals surface area contributed by atoms with E-state index in [2.05, 4.69) is 6.58 Å². The number of hydrogen-bond donors (Lipinski definition) is 2. The van der Waals surface area contributed by atoms with Crippen molar-refractivity contribution in [2.45, 2.75) is 69.0 Å². The highest BCUT2D eigenvalue weighted by atomic mass is 16.3. The van der Waals surface area contributed by atoms with Crippen molar-refractivity contribution >= 4 is 0 Å². The summed E-state index contributed by atoms with van der Waals surface area (Å²) in [5.74, 6) is 0. The van der Waals surface area contributed by atoms with Gasteiger partial charge in [-0.3, -0.25) is 0 Å². The zero-order valence-corrected chi connectivity index (χ0v) is 9.47. The molecule has 2 rings (SSSR count). The lowest BCUT2D eigenvalue weighted by Crippen LogP contribution is -2.44. The molecule has 2 nitrogen and oxygen atoms in total. The Labute approximate surface area is 92.0 Å². The molecule has 2 heteroatoms. The van der Waals surface area contributed by atoms with Crippen LogP contribution < -0.4 is 0 Å². The molecule has 15 heavy (non-hydrogen) atoms. The van der Waals surface area contributed by atoms with E-state index in [4.69, 9.17) is 0 Å². The summed E-state index contributed by atoms with van der Waals surface area (Å²) in [5.41, 5.74) is -0.851. The van der Waals surface area contributed by atoms with E-state index < -0.39 is 11.2 Å². The van der Waals surface area contributed by atoms with Crippen LogP contribution in [0.2, 0.25) is 0 Å². The van der Waals surface area contributed by atoms with E-state index >= 15 is 0 Å². The summed E-state index contributed by atoms with van der Waals surface area (Å²) in [6, 6.07) is 0. The Morgan fingerprint density at radius 2 is 1.07 bits per heavy atom. The Morgan fingerprint density at radius 3 is 1.47 bits per heavy atom. The van der Waals surface area contributed by atoms with Crippen LogP contribution in [0.15, 0.2) is 12.2 Å². The maximum Gasteiger partial charge on any atom is 0.0881 e. The molecule has 2 fully saturated rings. The Morgan fingerprint density at radius 1 is 0.733 bits per heavy atom. The predicted molar refractivity (Wildman–Crippen MR) is 60.6 cm³/mol. The van der Waals surface area contributed by atoms with Gasteiger partial charge in [-0.2, -0.15) is 0 Å². The van der Waals surface area contributed by atoms with Crippen LogP contribution >= 0.6 is 0 Å². The molecule has 0 amide bonds. The average Bonchev–Trinajstić information content (AvgIpc) is 2.66. The highest BCUT2D eigenvalue weighted by Crippen LogP contribution is 2.44. The van der Waals surface area contributed by atoms with Crippen LogP contribution in [0.4, 0.5) is 0 Å². The first-order valence-corrected chi connectivity index (χ1v) is 6.21. The number of rotatable bonds is 2. The fourth-order valence-electron chi connectivity index (χ4n) is 3.13. The van der Waals surface area contributed by atoms with Crippen LogP contribution in [-0.2, 0) is 0 Å². The molecule has 2 saturated carbocycles. The topological polar surface area (TPSA) is 40.5 Å². The largest absolute Gasteiger partial charge is 0.385 e. The molecule has 0 unspecified atom stereocenters. The van der Waals surface area contributed by atoms with Gasteiger partial charge >= 0.3 is 0 Å². The lowest BCUT2D eigenvalue weighted by Gasteiger charge is -2.40. The van der Waals surface area contributed by atoms with Crippen LogP contribution in [0.3, 0.4) is 0 Å². The van der Waals surface area contributed by atoms with Gasteiger partial charge in [0.1, 0.15) is 0 Å². The molecule has 0 heterocycles. The summed E-state index contributed by atoms with van der Waals surface area (Å²) < 4.78 is 0. The summed E-state index contributed by atoms with van der Waals surface area (Å²) in [7, 11) is 0. The van der Waals surface area contributed by atoms with Crippen LogP contribution in [0.1, 0.15) is 57.8 Å². The first-order valence-electron chi connectivity index (χ1n) is 6.21. The zero-order chi connectivity index (χ0) is 10.9. The molecule has 0 aromatic heterocycles. The van der Waals surface area contributed by atoms with Gasteiger partial charge in [-0.15, -0.1) is 0 Å². The smallest absolute Gasteiger partial charge is 0.0881 e. The van der Waals surface area contributed by atoms with E-state index in [1.165, 1.54) is 6.42 Å². The molecular weight excluding hydrogens is 188 g/mol. The average molecular weight is 210 g/mol. The molecule has 2 aliphatic carbocycles. The fourth-order valence-corrected chi connectivity index (χ4v) is 3.13. The van der Waals surface area contributed by atoms with Crippen LogP contribution in [0.5, 0.6) is 0 Å². The third kappa shape index (κ3) is 1.98. The molecule has 2 N–H and O–H groups in total. The van der Waals surface area contributed by atoms with Gasteiger partial charge in [-0.1, -0.05) is 38.7 Å². The minimum absolute atomic E-state index is 0.701. The molecule has 0 bridgehead atoms. The molecule has 0 radical (unpaired) electrons. The van der Waals surface area contributed by atoms with Crippen molar-refractivity contribution in [2.24, 2.45) is 0 Å². The van der Waals surface area contributed by atoms with E-state index in [0.717, 1.165) is 51.4 Å². The standard InChI is InChI=1S/C13H22O2/c1-11(13(15)9-5-6-10-13)12(14)7-3-2-4-8-12/h14-15H,1-10H2. The highest BCUT2D eigenvalue weighted by molar-refractivity contribution is 5.25. The quantitative estimate of drug-likeness (QED) is 0.688. The van der Waals surface area contributed by atoms with E-state index in [0.29, 0.717) is 5.57 Å².